The van der Waals surface area contributed by atoms with Gasteiger partial charge in [0, 0.05) is 19.2 Å². The summed E-state index contributed by atoms with van der Waals surface area (Å²) in [6, 6.07) is 3.27. The van der Waals surface area contributed by atoms with Gasteiger partial charge in [-0.1, -0.05) is 13.8 Å². The van der Waals surface area contributed by atoms with Gasteiger partial charge in [0.2, 0.25) is 0 Å². The number of anilines is 1. The summed E-state index contributed by atoms with van der Waals surface area (Å²) >= 11 is 0. The van der Waals surface area contributed by atoms with Crippen LogP contribution in [0.5, 0.6) is 0 Å². The first-order chi connectivity index (χ1) is 9.93. The molecule has 1 aromatic rings. The first-order valence-corrected chi connectivity index (χ1v) is 6.93. The molecule has 21 heavy (non-hydrogen) atoms. The highest BCUT2D eigenvalue weighted by Gasteiger charge is 2.17. The molecule has 1 aromatic heterocycles. The van der Waals surface area contributed by atoms with Crippen molar-refractivity contribution < 1.29 is 19.4 Å². The fourth-order valence-corrected chi connectivity index (χ4v) is 2.21. The van der Waals surface area contributed by atoms with Crippen molar-refractivity contribution in [3.05, 3.63) is 23.9 Å². The van der Waals surface area contributed by atoms with E-state index in [4.69, 9.17) is 9.84 Å². The summed E-state index contributed by atoms with van der Waals surface area (Å²) in [4.78, 5) is 26.7. The average Bonchev–Trinajstić information content (AvgIpc) is 2.43. The number of hydrogen-bond acceptors (Lipinski definition) is 5. The maximum absolute atomic E-state index is 11.6. The van der Waals surface area contributed by atoms with Crippen molar-refractivity contribution in [3.63, 3.8) is 0 Å². The molecule has 6 heteroatoms. The van der Waals surface area contributed by atoms with E-state index in [9.17, 15) is 9.59 Å². The number of rotatable bonds is 8. The number of carbonyl (C=O) groups is 2. The van der Waals surface area contributed by atoms with E-state index in [1.165, 1.54) is 7.11 Å². The van der Waals surface area contributed by atoms with Crippen LogP contribution in [0.15, 0.2) is 18.3 Å². The molecule has 0 spiro atoms. The van der Waals surface area contributed by atoms with Gasteiger partial charge >= 0.3 is 11.9 Å². The van der Waals surface area contributed by atoms with E-state index in [-0.39, 0.29) is 12.3 Å². The number of nitrogens with one attached hydrogen (secondary N) is 1. The van der Waals surface area contributed by atoms with Crippen LogP contribution in [0.4, 0.5) is 5.82 Å². The number of nitrogens with zero attached hydrogens (tertiary/aromatic N) is 1. The Kier molecular flexibility index (Phi) is 6.65. The second kappa shape index (κ2) is 8.24. The number of esters is 1. The molecular weight excluding hydrogens is 272 g/mol. The lowest BCUT2D eigenvalue weighted by Gasteiger charge is -2.18. The molecule has 1 unspecified atom stereocenters. The van der Waals surface area contributed by atoms with Crippen LogP contribution in [0.1, 0.15) is 37.0 Å². The lowest BCUT2D eigenvalue weighted by Crippen LogP contribution is -2.21. The largest absolute Gasteiger partial charge is 0.481 e. The van der Waals surface area contributed by atoms with Crippen molar-refractivity contribution in [2.45, 2.75) is 26.7 Å². The average molecular weight is 294 g/mol. The van der Waals surface area contributed by atoms with Gasteiger partial charge in [-0.15, -0.1) is 0 Å². The molecule has 0 amide bonds. The molecule has 116 valence electrons. The number of ether oxygens (including phenoxy) is 1. The summed E-state index contributed by atoms with van der Waals surface area (Å²) in [6.45, 7) is 4.55. The van der Waals surface area contributed by atoms with E-state index < -0.39 is 11.9 Å². The van der Waals surface area contributed by atoms with Gasteiger partial charge in [0.15, 0.2) is 0 Å². The number of aliphatic carboxylic acids is 1. The Bertz CT molecular complexity index is 488. The Morgan fingerprint density at radius 3 is 2.71 bits per heavy atom. The molecule has 0 radical (unpaired) electrons. The summed E-state index contributed by atoms with van der Waals surface area (Å²) in [6.07, 6.45) is 2.45. The smallest absolute Gasteiger partial charge is 0.341 e. The second-order valence-corrected chi connectivity index (χ2v) is 5.37. The third-order valence-corrected chi connectivity index (χ3v) is 3.04. The van der Waals surface area contributed by atoms with Gasteiger partial charge in [-0.2, -0.15) is 0 Å². The van der Waals surface area contributed by atoms with Crippen LogP contribution < -0.4 is 5.32 Å². The first kappa shape index (κ1) is 16.9. The maximum atomic E-state index is 11.6. The summed E-state index contributed by atoms with van der Waals surface area (Å²) in [5.41, 5.74) is 0.346. The van der Waals surface area contributed by atoms with E-state index in [2.05, 4.69) is 24.1 Å². The third kappa shape index (κ3) is 5.81. The fourth-order valence-electron chi connectivity index (χ4n) is 2.21. The van der Waals surface area contributed by atoms with Crippen LogP contribution in [0.3, 0.4) is 0 Å². The third-order valence-electron chi connectivity index (χ3n) is 3.04. The van der Waals surface area contributed by atoms with Crippen LogP contribution in [0.2, 0.25) is 0 Å². The van der Waals surface area contributed by atoms with Crippen LogP contribution in [0, 0.1) is 11.8 Å². The van der Waals surface area contributed by atoms with Crippen molar-refractivity contribution in [2.75, 3.05) is 19.0 Å². The molecule has 6 nitrogen and oxygen atoms in total. The molecule has 0 aromatic carbocycles. The van der Waals surface area contributed by atoms with E-state index in [1.807, 2.05) is 0 Å². The lowest BCUT2D eigenvalue weighted by molar-refractivity contribution is -0.138. The van der Waals surface area contributed by atoms with E-state index >= 15 is 0 Å². The highest BCUT2D eigenvalue weighted by Crippen LogP contribution is 2.18. The van der Waals surface area contributed by atoms with Gasteiger partial charge in [-0.25, -0.2) is 9.78 Å². The Morgan fingerprint density at radius 2 is 2.14 bits per heavy atom. The fraction of sp³-hybridized carbons (Fsp3) is 0.533. The van der Waals surface area contributed by atoms with Gasteiger partial charge in [-0.05, 0) is 30.4 Å². The minimum atomic E-state index is -0.823. The van der Waals surface area contributed by atoms with Gasteiger partial charge in [0.1, 0.15) is 11.4 Å². The van der Waals surface area contributed by atoms with Gasteiger partial charge < -0.3 is 15.2 Å². The summed E-state index contributed by atoms with van der Waals surface area (Å²) in [5.74, 6) is -0.487. The molecule has 1 heterocycles. The van der Waals surface area contributed by atoms with Gasteiger partial charge in [0.25, 0.3) is 0 Å². The number of hydrogen-bond donors (Lipinski definition) is 2. The van der Waals surface area contributed by atoms with Crippen molar-refractivity contribution in [3.8, 4) is 0 Å². The SMILES string of the molecule is COC(=O)c1cccnc1NCC(CC(=O)O)CC(C)C. The van der Waals surface area contributed by atoms with Crippen molar-refractivity contribution in [1.29, 1.82) is 0 Å². The van der Waals surface area contributed by atoms with E-state index in [0.29, 0.717) is 23.8 Å². The molecule has 2 N–H and O–H groups in total. The maximum Gasteiger partial charge on any atom is 0.341 e. The van der Waals surface area contributed by atoms with Crippen LogP contribution >= 0.6 is 0 Å². The van der Waals surface area contributed by atoms with Crippen molar-refractivity contribution >= 4 is 17.8 Å². The van der Waals surface area contributed by atoms with Crippen LogP contribution in [0.25, 0.3) is 0 Å². The van der Waals surface area contributed by atoms with Crippen LogP contribution in [-0.2, 0) is 9.53 Å². The zero-order valence-electron chi connectivity index (χ0n) is 12.6. The van der Waals surface area contributed by atoms with Crippen molar-refractivity contribution in [2.24, 2.45) is 11.8 Å². The Hall–Kier alpha value is -2.11. The molecular formula is C15H22N2O4. The number of aromatic nitrogens is 1. The quantitative estimate of drug-likeness (QED) is 0.716. The summed E-state index contributed by atoms with van der Waals surface area (Å²) in [5, 5.41) is 12.0. The molecule has 0 bridgehead atoms. The van der Waals surface area contributed by atoms with Crippen LogP contribution in [-0.4, -0.2) is 35.7 Å². The Labute approximate surface area is 124 Å². The first-order valence-electron chi connectivity index (χ1n) is 6.93. The minimum absolute atomic E-state index is 0.0185. The molecule has 1 rings (SSSR count). The molecule has 0 aliphatic carbocycles. The standard InChI is InChI=1S/C15H22N2O4/c1-10(2)7-11(8-13(18)19)9-17-14-12(15(20)21-3)5-4-6-16-14/h4-6,10-11H,7-9H2,1-3H3,(H,16,17)(H,18,19). The lowest BCUT2D eigenvalue weighted by atomic mass is 9.94. The molecule has 0 fully saturated rings. The van der Waals surface area contributed by atoms with Crippen molar-refractivity contribution in [1.82, 2.24) is 4.98 Å². The van der Waals surface area contributed by atoms with Gasteiger partial charge in [-0.3, -0.25) is 4.79 Å². The minimum Gasteiger partial charge on any atom is -0.481 e. The Balaban J connectivity index is 2.75. The van der Waals surface area contributed by atoms with Gasteiger partial charge in [0.05, 0.1) is 7.11 Å². The molecule has 1 atom stereocenters. The molecule has 0 aliphatic rings. The monoisotopic (exact) mass is 294 g/mol. The zero-order valence-corrected chi connectivity index (χ0v) is 12.6. The predicted molar refractivity (Wildman–Crippen MR) is 79.3 cm³/mol. The molecule has 0 aliphatic heterocycles. The number of methoxy groups -OCH3 is 1. The van der Waals surface area contributed by atoms with E-state index in [0.717, 1.165) is 6.42 Å². The molecule has 0 saturated heterocycles. The Morgan fingerprint density at radius 1 is 1.43 bits per heavy atom. The number of pyridine rings is 1. The summed E-state index contributed by atoms with van der Waals surface area (Å²) < 4.78 is 4.70. The normalized spacial score (nSPS) is 12.0. The second-order valence-electron chi connectivity index (χ2n) is 5.37. The highest BCUT2D eigenvalue weighted by atomic mass is 16.5. The topological polar surface area (TPSA) is 88.5 Å². The predicted octanol–water partition coefficient (Wildman–Crippen LogP) is 2.42. The highest BCUT2D eigenvalue weighted by molar-refractivity contribution is 5.94. The number of carboxylic acids is 1. The number of carboxylic acid groups (broad SMARTS) is 1. The zero-order chi connectivity index (χ0) is 15.8. The number of carbonyl (C=O) groups excluding carboxylic acids is 1. The molecule has 0 saturated carbocycles. The summed E-state index contributed by atoms with van der Waals surface area (Å²) in [7, 11) is 1.31. The van der Waals surface area contributed by atoms with E-state index in [1.54, 1.807) is 18.3 Å².